The lowest BCUT2D eigenvalue weighted by atomic mass is 9.43. The SMILES string of the molecule is C[C@@H]1CCC(=O)NCCNC(=O)CC[C@@H](C)[C@H]2CC[C@H]3[C@@H]4CC[C@@H]5C[C@@H](CC[C@]5(C)[C@H]4C[C@H](O)[C@]23C)OC(=O)COC(=O)c2ccc(cc2)C(=O)OCC(=O)O[C@@H]2CC[C@@]3(C)[C@H](CC[C@@H]4[C@@H]3C[C@H](O)[C@]3(C)[C@@H]1CC[C@@H]43)C2. The van der Waals surface area contributed by atoms with E-state index in [-0.39, 0.29) is 68.6 Å². The van der Waals surface area contributed by atoms with Gasteiger partial charge in [-0.05, 0) is 233 Å². The first-order chi connectivity index (χ1) is 36.2. The van der Waals surface area contributed by atoms with E-state index in [0.29, 0.717) is 98.0 Å². The average Bonchev–Trinajstić information content (AvgIpc) is 4.05. The molecule has 0 aromatic heterocycles. The summed E-state index contributed by atoms with van der Waals surface area (Å²) in [6.07, 6.45) is 15.7. The summed E-state index contributed by atoms with van der Waals surface area (Å²) in [6, 6.07) is 5.70. The van der Waals surface area contributed by atoms with Crippen LogP contribution in [0.4, 0.5) is 0 Å². The zero-order valence-electron chi connectivity index (χ0n) is 46.5. The first-order valence-corrected chi connectivity index (χ1v) is 30.0. The zero-order valence-corrected chi connectivity index (χ0v) is 46.5. The monoisotopic (exact) mass is 1050 g/mol. The van der Waals surface area contributed by atoms with Crippen LogP contribution in [0.2, 0.25) is 0 Å². The van der Waals surface area contributed by atoms with Crippen LogP contribution in [0.5, 0.6) is 0 Å². The molecule has 14 nitrogen and oxygen atoms in total. The minimum absolute atomic E-state index is 0.00301. The molecule has 0 radical (unpaired) electrons. The number of hydrogen-bond donors (Lipinski definition) is 4. The lowest BCUT2D eigenvalue weighted by Gasteiger charge is -2.62. The number of aliphatic hydroxyl groups is 2. The number of esters is 4. The van der Waals surface area contributed by atoms with E-state index < -0.39 is 49.3 Å². The molecule has 8 fully saturated rings. The smallest absolute Gasteiger partial charge is 0.344 e. The Balaban J connectivity index is 0.784. The summed E-state index contributed by atoms with van der Waals surface area (Å²) >= 11 is 0. The Labute approximate surface area is 451 Å². The van der Waals surface area contributed by atoms with Gasteiger partial charge in [-0.1, -0.05) is 41.5 Å². The van der Waals surface area contributed by atoms with E-state index in [0.717, 1.165) is 103 Å². The van der Waals surface area contributed by atoms with Gasteiger partial charge in [-0.15, -0.1) is 0 Å². The molecule has 16 aliphatic rings. The van der Waals surface area contributed by atoms with E-state index in [2.05, 4.69) is 52.2 Å². The summed E-state index contributed by atoms with van der Waals surface area (Å²) in [6.45, 7) is 13.7. The molecule has 420 valence electrons. The van der Waals surface area contributed by atoms with Gasteiger partial charge in [0.15, 0.2) is 13.2 Å². The Bertz CT molecular complexity index is 2180. The number of aliphatic hydroxyl groups excluding tert-OH is 2. The number of nitrogens with one attached hydrogen (secondary N) is 2. The third-order valence-corrected chi connectivity index (χ3v) is 24.0. The lowest BCUT2D eigenvalue weighted by Crippen LogP contribution is -2.59. The van der Waals surface area contributed by atoms with Gasteiger partial charge in [-0.25, -0.2) is 19.2 Å². The molecule has 4 N–H and O–H groups in total. The third-order valence-electron chi connectivity index (χ3n) is 24.0. The minimum atomic E-state index is -0.724. The van der Waals surface area contributed by atoms with Crippen LogP contribution in [0.3, 0.4) is 0 Å². The van der Waals surface area contributed by atoms with Crippen molar-refractivity contribution in [3.05, 3.63) is 35.4 Å². The van der Waals surface area contributed by atoms with Crippen molar-refractivity contribution >= 4 is 35.7 Å². The Hall–Kier alpha value is -4.04. The molecule has 76 heavy (non-hydrogen) atoms. The molecule has 8 saturated carbocycles. The second kappa shape index (κ2) is 21.9. The zero-order chi connectivity index (χ0) is 53.9. The maximum Gasteiger partial charge on any atom is 0.344 e. The van der Waals surface area contributed by atoms with Crippen molar-refractivity contribution in [1.29, 1.82) is 0 Å². The van der Waals surface area contributed by atoms with Gasteiger partial charge >= 0.3 is 23.9 Å². The molecule has 0 saturated heterocycles. The van der Waals surface area contributed by atoms with Crippen LogP contribution < -0.4 is 10.6 Å². The quantitative estimate of drug-likeness (QED) is 0.142. The topological polar surface area (TPSA) is 204 Å². The molecule has 18 bridgehead atoms. The van der Waals surface area contributed by atoms with Crippen molar-refractivity contribution < 1.29 is 57.9 Å². The molecule has 8 aliphatic carbocycles. The number of carbonyl (C=O) groups excluding carboxylic acids is 6. The van der Waals surface area contributed by atoms with Crippen LogP contribution in [-0.4, -0.2) is 96.6 Å². The van der Waals surface area contributed by atoms with Crippen LogP contribution in [-0.2, 0) is 38.1 Å². The average molecular weight is 1060 g/mol. The predicted octanol–water partition coefficient (Wildman–Crippen LogP) is 9.16. The van der Waals surface area contributed by atoms with Gasteiger partial charge in [-0.3, -0.25) is 9.59 Å². The fourth-order valence-electron chi connectivity index (χ4n) is 19.8. The maximum absolute atomic E-state index is 13.2. The van der Waals surface area contributed by atoms with Crippen LogP contribution in [0.25, 0.3) is 0 Å². The molecule has 1 aromatic rings. The largest absolute Gasteiger partial charge is 0.460 e. The Morgan fingerprint density at radius 2 is 0.855 bits per heavy atom. The van der Waals surface area contributed by atoms with E-state index in [1.165, 1.54) is 24.3 Å². The molecular formula is C62H90N2O12. The summed E-state index contributed by atoms with van der Waals surface area (Å²) in [7, 11) is 0. The standard InChI is InChI=1S/C62H90N2O12/c1-35-7-21-53(67)63-27-28-64-54(68)22-8-36(2)46-18-20-48-44-16-14-40-30-42(24-26-60(40,4)50(44)32-52(66)62(46,48)6)76-56(70)34-74-58(72)38-11-9-37(10-12-38)57(71)73-33-55(69)75-41-23-25-59(3)39(29-41)13-15-43-47-19-17-45(35)61(47,5)51(65)31-49(43)59/h9-12,35-36,39-52,65-66H,7-8,13-34H2,1-6H3,(H,63,67)(H,64,68)/t35-,36-,39-,40-,41-,42-,43+,44+,45-,46-,47+,48+,49+,50+,51+,52+,59+,60+,61-,62-/m1/s1. The van der Waals surface area contributed by atoms with Gasteiger partial charge in [-0.2, -0.15) is 0 Å². The van der Waals surface area contributed by atoms with Crippen molar-refractivity contribution in [2.75, 3.05) is 26.3 Å². The van der Waals surface area contributed by atoms with E-state index >= 15 is 0 Å². The summed E-state index contributed by atoms with van der Waals surface area (Å²) in [5.41, 5.74) is -0.0744. The van der Waals surface area contributed by atoms with Crippen molar-refractivity contribution in [3.63, 3.8) is 0 Å². The van der Waals surface area contributed by atoms with Crippen molar-refractivity contribution in [2.45, 2.75) is 194 Å². The molecule has 14 heteroatoms. The molecule has 17 rings (SSSR count). The Morgan fingerprint density at radius 3 is 1.25 bits per heavy atom. The molecule has 0 unspecified atom stereocenters. The molecular weight excluding hydrogens is 965 g/mol. The normalized spacial score (nSPS) is 45.9. The highest BCUT2D eigenvalue weighted by atomic mass is 16.6. The number of rotatable bonds is 0. The summed E-state index contributed by atoms with van der Waals surface area (Å²) in [4.78, 5) is 78.6. The highest BCUT2D eigenvalue weighted by Crippen LogP contribution is 2.70. The van der Waals surface area contributed by atoms with E-state index in [1.54, 1.807) is 0 Å². The molecule has 8 aliphatic heterocycles. The number of carbonyl (C=O) groups is 6. The van der Waals surface area contributed by atoms with Crippen molar-refractivity contribution in [1.82, 2.24) is 10.6 Å². The summed E-state index contributed by atoms with van der Waals surface area (Å²) in [5.74, 6) is 1.89. The van der Waals surface area contributed by atoms with E-state index in [1.807, 2.05) is 0 Å². The highest BCUT2D eigenvalue weighted by Gasteiger charge is 2.66. The van der Waals surface area contributed by atoms with Gasteiger partial charge < -0.3 is 39.8 Å². The summed E-state index contributed by atoms with van der Waals surface area (Å²) < 4.78 is 22.6. The minimum Gasteiger partial charge on any atom is -0.460 e. The predicted molar refractivity (Wildman–Crippen MR) is 283 cm³/mol. The van der Waals surface area contributed by atoms with Crippen LogP contribution in [0.15, 0.2) is 24.3 Å². The number of benzene rings is 1. The highest BCUT2D eigenvalue weighted by molar-refractivity contribution is 5.94. The molecule has 8 heterocycles. The molecule has 1 aromatic carbocycles. The number of amides is 2. The van der Waals surface area contributed by atoms with E-state index in [9.17, 15) is 39.0 Å². The van der Waals surface area contributed by atoms with Crippen LogP contribution in [0.1, 0.15) is 191 Å². The molecule has 0 spiro atoms. The Morgan fingerprint density at radius 1 is 0.474 bits per heavy atom. The second-order valence-electron chi connectivity index (χ2n) is 27.2. The van der Waals surface area contributed by atoms with Crippen LogP contribution >= 0.6 is 0 Å². The lowest BCUT2D eigenvalue weighted by molar-refractivity contribution is -0.182. The fourth-order valence-corrected chi connectivity index (χ4v) is 19.8. The Kier molecular flexibility index (Phi) is 15.9. The summed E-state index contributed by atoms with van der Waals surface area (Å²) in [5, 5.41) is 30.5. The van der Waals surface area contributed by atoms with Crippen molar-refractivity contribution in [2.24, 2.45) is 92.7 Å². The van der Waals surface area contributed by atoms with Gasteiger partial charge in [0.1, 0.15) is 12.2 Å². The van der Waals surface area contributed by atoms with Crippen LogP contribution in [0, 0.1) is 92.7 Å². The number of ether oxygens (including phenoxy) is 4. The van der Waals surface area contributed by atoms with Gasteiger partial charge in [0.2, 0.25) is 11.8 Å². The first-order valence-electron chi connectivity index (χ1n) is 30.0. The maximum atomic E-state index is 13.2. The van der Waals surface area contributed by atoms with Crippen molar-refractivity contribution in [3.8, 4) is 0 Å². The first kappa shape index (κ1) is 55.3. The van der Waals surface area contributed by atoms with Gasteiger partial charge in [0.05, 0.1) is 23.3 Å². The van der Waals surface area contributed by atoms with Gasteiger partial charge in [0.25, 0.3) is 0 Å². The second-order valence-corrected chi connectivity index (χ2v) is 27.2. The number of fused-ring (bicyclic) bond motifs is 1. The van der Waals surface area contributed by atoms with E-state index in [4.69, 9.17) is 18.9 Å². The molecule has 2 amide bonds. The third kappa shape index (κ3) is 10.2. The van der Waals surface area contributed by atoms with Gasteiger partial charge in [0, 0.05) is 25.9 Å². The number of hydrogen-bond acceptors (Lipinski definition) is 12. The fraction of sp³-hybridized carbons (Fsp3) is 0.806. The molecule has 20 atom stereocenters.